The molecule has 5 nitrogen and oxygen atoms in total. The van der Waals surface area contributed by atoms with Crippen LogP contribution in [0.4, 0.5) is 26.3 Å². The molecule has 0 rings (SSSR count). The third kappa shape index (κ3) is 7.23. The minimum absolute atomic E-state index is 0. The Hall–Kier alpha value is 1.36. The van der Waals surface area contributed by atoms with Crippen LogP contribution in [0.15, 0.2) is 0 Å². The molecular formula is C2F6ILi2NO4S2. The summed E-state index contributed by atoms with van der Waals surface area (Å²) >= 11 is 0. The molecule has 0 aliphatic carbocycles. The van der Waals surface area contributed by atoms with E-state index in [2.05, 4.69) is 0 Å². The summed E-state index contributed by atoms with van der Waals surface area (Å²) in [6.45, 7) is 0. The Balaban J connectivity index is -0.000000327. The minimum atomic E-state index is -6.72. The molecule has 0 radical (unpaired) electrons. The van der Waals surface area contributed by atoms with Gasteiger partial charge in [-0.1, -0.05) is 0 Å². The third-order valence-electron chi connectivity index (χ3n) is 0.781. The van der Waals surface area contributed by atoms with Gasteiger partial charge in [0.25, 0.3) is 0 Å². The number of sulfonamides is 2. The molecule has 0 amide bonds. The van der Waals surface area contributed by atoms with Crippen LogP contribution < -0.4 is 61.7 Å². The largest absolute Gasteiger partial charge is 1.00 e. The number of hydrogen-bond acceptors (Lipinski definition) is 4. The van der Waals surface area contributed by atoms with Gasteiger partial charge in [0.2, 0.25) is 0 Å². The summed E-state index contributed by atoms with van der Waals surface area (Å²) in [5.41, 5.74) is -12.4. The number of alkyl halides is 6. The molecule has 0 unspecified atom stereocenters. The fourth-order valence-corrected chi connectivity index (χ4v) is 1.92. The molecular weight excluding hydrogens is 421 g/mol. The molecule has 0 heterocycles. The van der Waals surface area contributed by atoms with Crippen LogP contribution in [0.3, 0.4) is 0 Å². The third-order valence-corrected chi connectivity index (χ3v) is 3.52. The summed E-state index contributed by atoms with van der Waals surface area (Å²) in [7, 11) is -13.4. The molecule has 0 atom stereocenters. The zero-order valence-corrected chi connectivity index (χ0v) is 12.3. The van der Waals surface area contributed by atoms with Gasteiger partial charge in [0.15, 0.2) is 20.0 Å². The van der Waals surface area contributed by atoms with Gasteiger partial charge in [0, 0.05) is 0 Å². The quantitative estimate of drug-likeness (QED) is 0.252. The van der Waals surface area contributed by atoms with Gasteiger partial charge in [-0.2, -0.15) is 26.3 Å². The Bertz CT molecular complexity index is 399. The van der Waals surface area contributed by atoms with Crippen LogP contribution in [0.1, 0.15) is 0 Å². The van der Waals surface area contributed by atoms with Crippen molar-refractivity contribution in [1.82, 2.24) is 0 Å². The van der Waals surface area contributed by atoms with Crippen LogP contribution in [-0.2, 0) is 20.0 Å². The molecule has 16 heteroatoms. The van der Waals surface area contributed by atoms with Crippen LogP contribution >= 0.6 is 0 Å². The first-order valence-corrected chi connectivity index (χ1v) is 5.45. The monoisotopic (exact) mass is 421 g/mol. The van der Waals surface area contributed by atoms with Gasteiger partial charge in [-0.05, 0) is 0 Å². The Morgan fingerprint density at radius 3 is 0.944 bits per heavy atom. The number of nitrogens with zero attached hydrogens (tertiary/aromatic N) is 1. The van der Waals surface area contributed by atoms with Crippen LogP contribution in [0, 0.1) is 0 Å². The number of halogens is 7. The van der Waals surface area contributed by atoms with E-state index in [1.807, 2.05) is 0 Å². The first-order valence-electron chi connectivity index (χ1n) is 2.57. The first kappa shape index (κ1) is 27.7. The molecule has 18 heavy (non-hydrogen) atoms. The normalized spacial score (nSPS) is 12.8. The molecule has 0 saturated heterocycles. The number of hydrogen-bond donors (Lipinski definition) is 0. The SMILES string of the molecule is O=S(=O)([N-]S(=O)(=O)C(F)(F)F)C(F)(F)F.[I-].[Li+].[Li+]. The van der Waals surface area contributed by atoms with E-state index in [4.69, 9.17) is 0 Å². The fraction of sp³-hybridized carbons (Fsp3) is 1.00. The van der Waals surface area contributed by atoms with Crippen molar-refractivity contribution in [1.29, 1.82) is 0 Å². The standard InChI is InChI=1S/C2F6NO4S2.HI.2Li/c3-1(4,5)14(10,11)9-15(12,13)2(6,7)8;;;/h;1H;;/q-1;;2*+1/p-1. The molecule has 0 saturated carbocycles. The molecule has 0 aromatic carbocycles. The zero-order valence-electron chi connectivity index (χ0n) is 8.54. The van der Waals surface area contributed by atoms with E-state index in [1.54, 1.807) is 0 Å². The maximum absolute atomic E-state index is 11.4. The van der Waals surface area contributed by atoms with Gasteiger partial charge in [-0.15, -0.1) is 0 Å². The Morgan fingerprint density at radius 1 is 0.667 bits per heavy atom. The summed E-state index contributed by atoms with van der Waals surface area (Å²) in [5.74, 6) is 0. The van der Waals surface area contributed by atoms with E-state index in [-0.39, 0.29) is 61.7 Å². The van der Waals surface area contributed by atoms with E-state index in [0.717, 1.165) is 4.13 Å². The van der Waals surface area contributed by atoms with Crippen molar-refractivity contribution in [2.45, 2.75) is 11.0 Å². The van der Waals surface area contributed by atoms with Crippen molar-refractivity contribution in [3.05, 3.63) is 4.13 Å². The number of rotatable bonds is 2. The van der Waals surface area contributed by atoms with Gasteiger partial charge in [0.05, 0.1) is 0 Å². The summed E-state index contributed by atoms with van der Waals surface area (Å²) in [6.07, 6.45) is 0. The second kappa shape index (κ2) is 7.97. The molecule has 0 aliphatic heterocycles. The van der Waals surface area contributed by atoms with Gasteiger partial charge >= 0.3 is 48.7 Å². The zero-order chi connectivity index (χ0) is 12.7. The van der Waals surface area contributed by atoms with E-state index >= 15 is 0 Å². The van der Waals surface area contributed by atoms with E-state index < -0.39 is 31.1 Å². The molecule has 0 aromatic rings. The van der Waals surface area contributed by atoms with Crippen molar-refractivity contribution in [2.24, 2.45) is 0 Å². The van der Waals surface area contributed by atoms with E-state index in [1.165, 1.54) is 0 Å². The fourth-order valence-electron chi connectivity index (χ4n) is 0.214. The average Bonchev–Trinajstić information content (AvgIpc) is 1.77. The van der Waals surface area contributed by atoms with Crippen LogP contribution in [0.5, 0.6) is 0 Å². The molecule has 0 spiro atoms. The average molecular weight is 421 g/mol. The van der Waals surface area contributed by atoms with Crippen molar-refractivity contribution in [2.75, 3.05) is 0 Å². The molecule has 0 aromatic heterocycles. The van der Waals surface area contributed by atoms with Crippen LogP contribution in [0.25, 0.3) is 4.13 Å². The van der Waals surface area contributed by atoms with Crippen molar-refractivity contribution >= 4 is 20.0 Å². The van der Waals surface area contributed by atoms with Crippen LogP contribution in [-0.4, -0.2) is 27.9 Å². The Labute approximate surface area is 139 Å². The summed E-state index contributed by atoms with van der Waals surface area (Å²) < 4.78 is 109. The molecule has 0 N–H and O–H groups in total. The molecule has 0 aliphatic rings. The molecule has 100 valence electrons. The topological polar surface area (TPSA) is 82.4 Å². The Morgan fingerprint density at radius 2 is 0.833 bits per heavy atom. The molecule has 0 fully saturated rings. The minimum Gasteiger partial charge on any atom is -1.00 e. The smallest absolute Gasteiger partial charge is 1.00 e. The van der Waals surface area contributed by atoms with Crippen molar-refractivity contribution in [3.63, 3.8) is 0 Å². The van der Waals surface area contributed by atoms with Gasteiger partial charge < -0.3 is 28.1 Å². The van der Waals surface area contributed by atoms with Crippen molar-refractivity contribution < 1.29 is 105 Å². The first-order chi connectivity index (χ1) is 6.21. The van der Waals surface area contributed by atoms with E-state index in [0.29, 0.717) is 0 Å². The second-order valence-corrected chi connectivity index (χ2v) is 5.34. The Kier molecular flexibility index (Phi) is 12.2. The second-order valence-electron chi connectivity index (χ2n) is 1.92. The summed E-state index contributed by atoms with van der Waals surface area (Å²) in [6, 6.07) is 0. The predicted octanol–water partition coefficient (Wildman–Crippen LogP) is -7.93. The maximum Gasteiger partial charge on any atom is 1.00 e. The summed E-state index contributed by atoms with van der Waals surface area (Å²) in [4.78, 5) is 0. The molecule has 0 bridgehead atoms. The van der Waals surface area contributed by atoms with Gasteiger partial charge in [0.1, 0.15) is 0 Å². The van der Waals surface area contributed by atoms with E-state index in [9.17, 15) is 43.2 Å². The summed E-state index contributed by atoms with van der Waals surface area (Å²) in [5, 5.41) is 0. The van der Waals surface area contributed by atoms with Gasteiger partial charge in [-0.25, -0.2) is 16.8 Å². The van der Waals surface area contributed by atoms with Gasteiger partial charge in [-0.3, -0.25) is 0 Å². The van der Waals surface area contributed by atoms with Crippen molar-refractivity contribution in [3.8, 4) is 0 Å². The van der Waals surface area contributed by atoms with Crippen LogP contribution in [0.2, 0.25) is 0 Å². The predicted molar refractivity (Wildman–Crippen MR) is 33.3 cm³/mol. The maximum atomic E-state index is 11.4.